The molecule has 0 saturated heterocycles. The molecule has 2 atom stereocenters. The van der Waals surface area contributed by atoms with E-state index in [2.05, 4.69) is 6.58 Å². The minimum absolute atomic E-state index is 0.143. The fourth-order valence-electron chi connectivity index (χ4n) is 1.27. The Balaban J connectivity index is 2.38. The summed E-state index contributed by atoms with van der Waals surface area (Å²) in [7, 11) is 0. The van der Waals surface area contributed by atoms with Gasteiger partial charge in [-0.05, 0) is 12.3 Å². The van der Waals surface area contributed by atoms with Gasteiger partial charge in [0.2, 0.25) is 0 Å². The van der Waals surface area contributed by atoms with Crippen molar-refractivity contribution < 1.29 is 10.2 Å². The van der Waals surface area contributed by atoms with Crippen LogP contribution in [0.1, 0.15) is 6.42 Å². The summed E-state index contributed by atoms with van der Waals surface area (Å²) in [6, 6.07) is 0. The molecular weight excluding hydrogens is 116 g/mol. The van der Waals surface area contributed by atoms with E-state index in [-0.39, 0.29) is 25.0 Å². The summed E-state index contributed by atoms with van der Waals surface area (Å²) in [6.07, 6.45) is 0.891. The minimum atomic E-state index is 0.143. The van der Waals surface area contributed by atoms with Crippen molar-refractivity contribution in [3.63, 3.8) is 0 Å². The second-order valence-corrected chi connectivity index (χ2v) is 2.59. The Morgan fingerprint density at radius 2 is 2.11 bits per heavy atom. The van der Waals surface area contributed by atoms with E-state index in [1.54, 1.807) is 0 Å². The van der Waals surface area contributed by atoms with Gasteiger partial charge in [0.05, 0.1) is 0 Å². The van der Waals surface area contributed by atoms with Crippen LogP contribution in [0.25, 0.3) is 0 Å². The quantitative estimate of drug-likeness (QED) is 0.520. The van der Waals surface area contributed by atoms with E-state index in [4.69, 9.17) is 10.2 Å². The van der Waals surface area contributed by atoms with Gasteiger partial charge in [-0.3, -0.25) is 0 Å². The van der Waals surface area contributed by atoms with Gasteiger partial charge in [-0.15, -0.1) is 0 Å². The predicted octanol–water partition coefficient (Wildman–Crippen LogP) is 0.163. The molecule has 1 fully saturated rings. The molecule has 52 valence electrons. The van der Waals surface area contributed by atoms with Crippen LogP contribution in [0, 0.1) is 11.8 Å². The second kappa shape index (κ2) is 2.50. The molecule has 0 bridgehead atoms. The Kier molecular flexibility index (Phi) is 1.88. The first kappa shape index (κ1) is 6.78. The fraction of sp³-hybridized carbons (Fsp3) is 0.714. The van der Waals surface area contributed by atoms with Crippen molar-refractivity contribution in [1.82, 2.24) is 0 Å². The standard InChI is InChI=1S/C7H12O2/c1-5-2-6(3-8)7(5)4-9/h6-9H,1-4H2. The molecule has 0 radical (unpaired) electrons. The molecule has 0 aromatic carbocycles. The summed E-state index contributed by atoms with van der Waals surface area (Å²) >= 11 is 0. The van der Waals surface area contributed by atoms with Gasteiger partial charge in [0.1, 0.15) is 0 Å². The van der Waals surface area contributed by atoms with Crippen LogP contribution in [-0.2, 0) is 0 Å². The highest BCUT2D eigenvalue weighted by Gasteiger charge is 2.32. The third-order valence-electron chi connectivity index (χ3n) is 2.05. The molecule has 1 aliphatic carbocycles. The van der Waals surface area contributed by atoms with Gasteiger partial charge in [-0.2, -0.15) is 0 Å². The highest BCUT2D eigenvalue weighted by molar-refractivity contribution is 5.14. The summed E-state index contributed by atoms with van der Waals surface area (Å²) in [5.41, 5.74) is 1.08. The van der Waals surface area contributed by atoms with E-state index in [9.17, 15) is 0 Å². The Morgan fingerprint density at radius 1 is 1.44 bits per heavy atom. The summed E-state index contributed by atoms with van der Waals surface area (Å²) in [4.78, 5) is 0. The van der Waals surface area contributed by atoms with Gasteiger partial charge in [-0.1, -0.05) is 12.2 Å². The molecular formula is C7H12O2. The number of hydrogen-bond donors (Lipinski definition) is 2. The van der Waals surface area contributed by atoms with Crippen molar-refractivity contribution in [1.29, 1.82) is 0 Å². The second-order valence-electron chi connectivity index (χ2n) is 2.59. The molecule has 0 aromatic rings. The van der Waals surface area contributed by atoms with E-state index in [1.807, 2.05) is 0 Å². The van der Waals surface area contributed by atoms with Gasteiger partial charge in [0.25, 0.3) is 0 Å². The zero-order valence-electron chi connectivity index (χ0n) is 5.38. The van der Waals surface area contributed by atoms with E-state index >= 15 is 0 Å². The summed E-state index contributed by atoms with van der Waals surface area (Å²) in [5, 5.41) is 17.3. The molecule has 2 unspecified atom stereocenters. The van der Waals surface area contributed by atoms with Crippen molar-refractivity contribution in [3.8, 4) is 0 Å². The van der Waals surface area contributed by atoms with E-state index in [0.717, 1.165) is 12.0 Å². The Bertz CT molecular complexity index is 120. The maximum atomic E-state index is 8.69. The number of aliphatic hydroxyl groups is 2. The van der Waals surface area contributed by atoms with Crippen LogP contribution in [0.15, 0.2) is 12.2 Å². The van der Waals surface area contributed by atoms with Crippen molar-refractivity contribution in [3.05, 3.63) is 12.2 Å². The summed E-state index contributed by atoms with van der Waals surface area (Å²) < 4.78 is 0. The highest BCUT2D eigenvalue weighted by atomic mass is 16.3. The molecule has 9 heavy (non-hydrogen) atoms. The number of rotatable bonds is 2. The molecule has 0 spiro atoms. The van der Waals surface area contributed by atoms with Crippen LogP contribution < -0.4 is 0 Å². The number of aliphatic hydroxyl groups excluding tert-OH is 2. The Hall–Kier alpha value is -0.340. The first-order valence-corrected chi connectivity index (χ1v) is 3.19. The largest absolute Gasteiger partial charge is 0.396 e. The smallest absolute Gasteiger partial charge is 0.0500 e. The van der Waals surface area contributed by atoms with Crippen molar-refractivity contribution >= 4 is 0 Å². The highest BCUT2D eigenvalue weighted by Crippen LogP contribution is 2.37. The summed E-state index contributed by atoms with van der Waals surface area (Å²) in [5.74, 6) is 0.456. The SMILES string of the molecule is C=C1CC(CO)C1CO. The van der Waals surface area contributed by atoms with E-state index in [1.165, 1.54) is 0 Å². The van der Waals surface area contributed by atoms with Gasteiger partial charge < -0.3 is 10.2 Å². The zero-order valence-corrected chi connectivity index (χ0v) is 5.38. The Morgan fingerprint density at radius 3 is 2.33 bits per heavy atom. The molecule has 0 aromatic heterocycles. The lowest BCUT2D eigenvalue weighted by molar-refractivity contribution is 0.0960. The molecule has 0 amide bonds. The monoisotopic (exact) mass is 128 g/mol. The molecule has 1 saturated carbocycles. The average Bonchev–Trinajstić information content (AvgIpc) is 1.83. The lowest BCUT2D eigenvalue weighted by Crippen LogP contribution is -2.33. The minimum Gasteiger partial charge on any atom is -0.396 e. The molecule has 1 aliphatic rings. The van der Waals surface area contributed by atoms with E-state index < -0.39 is 0 Å². The van der Waals surface area contributed by atoms with Crippen molar-refractivity contribution in [2.75, 3.05) is 13.2 Å². The Labute approximate surface area is 54.8 Å². The molecule has 1 rings (SSSR count). The van der Waals surface area contributed by atoms with Crippen molar-refractivity contribution in [2.45, 2.75) is 6.42 Å². The molecule has 0 heterocycles. The summed E-state index contributed by atoms with van der Waals surface area (Å²) in [6.45, 7) is 4.07. The molecule has 2 N–H and O–H groups in total. The molecule has 2 nitrogen and oxygen atoms in total. The zero-order chi connectivity index (χ0) is 6.85. The first-order valence-electron chi connectivity index (χ1n) is 3.19. The maximum Gasteiger partial charge on any atom is 0.0500 e. The third kappa shape index (κ3) is 1.00. The van der Waals surface area contributed by atoms with Crippen LogP contribution in [0.5, 0.6) is 0 Å². The van der Waals surface area contributed by atoms with Gasteiger partial charge in [-0.25, -0.2) is 0 Å². The van der Waals surface area contributed by atoms with Crippen LogP contribution in [0.4, 0.5) is 0 Å². The third-order valence-corrected chi connectivity index (χ3v) is 2.05. The van der Waals surface area contributed by atoms with Crippen LogP contribution in [0.3, 0.4) is 0 Å². The first-order chi connectivity index (χ1) is 4.29. The predicted molar refractivity (Wildman–Crippen MR) is 34.9 cm³/mol. The van der Waals surface area contributed by atoms with Gasteiger partial charge in [0.15, 0.2) is 0 Å². The topological polar surface area (TPSA) is 40.5 Å². The molecule has 0 aliphatic heterocycles. The average molecular weight is 128 g/mol. The van der Waals surface area contributed by atoms with Gasteiger partial charge in [0, 0.05) is 19.1 Å². The molecule has 2 heteroatoms. The van der Waals surface area contributed by atoms with Crippen LogP contribution >= 0.6 is 0 Å². The maximum absolute atomic E-state index is 8.69. The number of hydrogen-bond acceptors (Lipinski definition) is 2. The van der Waals surface area contributed by atoms with E-state index in [0.29, 0.717) is 0 Å². The van der Waals surface area contributed by atoms with Gasteiger partial charge >= 0.3 is 0 Å². The van der Waals surface area contributed by atoms with Crippen LogP contribution in [-0.4, -0.2) is 23.4 Å². The van der Waals surface area contributed by atoms with Crippen molar-refractivity contribution in [2.24, 2.45) is 11.8 Å². The lowest BCUT2D eigenvalue weighted by atomic mass is 9.71. The lowest BCUT2D eigenvalue weighted by Gasteiger charge is -2.36. The fourth-order valence-corrected chi connectivity index (χ4v) is 1.27. The normalized spacial score (nSPS) is 34.2. The van der Waals surface area contributed by atoms with Crippen LogP contribution in [0.2, 0.25) is 0 Å².